The maximum absolute atomic E-state index is 12.3. The molecule has 0 atom stereocenters. The third-order valence-electron chi connectivity index (χ3n) is 4.23. The van der Waals surface area contributed by atoms with Gasteiger partial charge in [-0.3, -0.25) is 4.79 Å². The molecule has 0 spiro atoms. The van der Waals surface area contributed by atoms with E-state index in [2.05, 4.69) is 10.3 Å². The molecule has 0 aliphatic rings. The Labute approximate surface area is 167 Å². The Morgan fingerprint density at radius 1 is 0.929 bits per heavy atom. The van der Waals surface area contributed by atoms with Gasteiger partial charge in [0.1, 0.15) is 0 Å². The number of aromatic nitrogens is 1. The summed E-state index contributed by atoms with van der Waals surface area (Å²) in [6, 6.07) is 9.28. The molecule has 2 aromatic carbocycles. The number of nitrogens with one attached hydrogen (secondary N) is 1. The number of ether oxygens (including phenoxy) is 4. The van der Waals surface area contributed by atoms with Gasteiger partial charge >= 0.3 is 0 Å². The predicted octanol–water partition coefficient (Wildman–Crippen LogP) is 3.90. The molecule has 0 saturated heterocycles. The van der Waals surface area contributed by atoms with Gasteiger partial charge in [-0.25, -0.2) is 4.98 Å². The molecule has 1 aromatic heterocycles. The van der Waals surface area contributed by atoms with E-state index >= 15 is 0 Å². The smallest absolute Gasteiger partial charge is 0.226 e. The molecule has 0 aliphatic carbocycles. The zero-order valence-corrected chi connectivity index (χ0v) is 17.0. The Bertz CT molecular complexity index is 945. The second-order valence-corrected chi connectivity index (χ2v) is 6.96. The molecular formula is C20H22N2O5S. The minimum Gasteiger partial charge on any atom is -0.493 e. The summed E-state index contributed by atoms with van der Waals surface area (Å²) in [6.45, 7) is 0. The van der Waals surface area contributed by atoms with Gasteiger partial charge in [0.05, 0.1) is 38.7 Å². The number of anilines is 1. The maximum Gasteiger partial charge on any atom is 0.226 e. The van der Waals surface area contributed by atoms with Crippen LogP contribution in [0.3, 0.4) is 0 Å². The molecule has 1 amide bonds. The van der Waals surface area contributed by atoms with Crippen molar-refractivity contribution in [2.75, 3.05) is 33.8 Å². The van der Waals surface area contributed by atoms with Gasteiger partial charge in [-0.15, -0.1) is 0 Å². The highest BCUT2D eigenvalue weighted by Crippen LogP contribution is 2.36. The number of carbonyl (C=O) groups is 1. The van der Waals surface area contributed by atoms with Crippen LogP contribution in [0.4, 0.5) is 5.13 Å². The second kappa shape index (κ2) is 8.79. The molecule has 0 fully saturated rings. The highest BCUT2D eigenvalue weighted by molar-refractivity contribution is 7.22. The van der Waals surface area contributed by atoms with Crippen LogP contribution < -0.4 is 24.3 Å². The van der Waals surface area contributed by atoms with E-state index in [-0.39, 0.29) is 5.91 Å². The van der Waals surface area contributed by atoms with Crippen LogP contribution in [-0.4, -0.2) is 39.3 Å². The van der Waals surface area contributed by atoms with Gasteiger partial charge in [-0.2, -0.15) is 0 Å². The van der Waals surface area contributed by atoms with Gasteiger partial charge in [0.2, 0.25) is 5.91 Å². The first kappa shape index (κ1) is 19.8. The van der Waals surface area contributed by atoms with E-state index in [1.807, 2.05) is 24.3 Å². The normalized spacial score (nSPS) is 10.6. The number of thiazole rings is 1. The van der Waals surface area contributed by atoms with Gasteiger partial charge in [0, 0.05) is 18.6 Å². The fraction of sp³-hybridized carbons (Fsp3) is 0.300. The number of amides is 1. The molecule has 7 nitrogen and oxygen atoms in total. The molecule has 0 saturated carbocycles. The molecule has 1 heterocycles. The van der Waals surface area contributed by atoms with E-state index in [9.17, 15) is 4.79 Å². The van der Waals surface area contributed by atoms with Crippen molar-refractivity contribution in [3.05, 3.63) is 35.9 Å². The van der Waals surface area contributed by atoms with E-state index in [0.29, 0.717) is 41.0 Å². The lowest BCUT2D eigenvalue weighted by molar-refractivity contribution is -0.116. The Kier molecular flexibility index (Phi) is 6.20. The first-order chi connectivity index (χ1) is 13.6. The number of carbonyl (C=O) groups excluding carboxylic acids is 1. The van der Waals surface area contributed by atoms with Gasteiger partial charge in [0.25, 0.3) is 0 Å². The van der Waals surface area contributed by atoms with Crippen LogP contribution in [0.1, 0.15) is 12.0 Å². The van der Waals surface area contributed by atoms with Crippen molar-refractivity contribution in [3.63, 3.8) is 0 Å². The topological polar surface area (TPSA) is 78.9 Å². The average molecular weight is 402 g/mol. The average Bonchev–Trinajstić information content (AvgIpc) is 3.11. The molecule has 3 rings (SSSR count). The Balaban J connectivity index is 1.66. The monoisotopic (exact) mass is 402 g/mol. The number of methoxy groups -OCH3 is 4. The fourth-order valence-corrected chi connectivity index (χ4v) is 3.68. The van der Waals surface area contributed by atoms with E-state index in [1.165, 1.54) is 11.3 Å². The second-order valence-electron chi connectivity index (χ2n) is 5.93. The van der Waals surface area contributed by atoms with Crippen molar-refractivity contribution in [2.24, 2.45) is 0 Å². The number of fused-ring (bicyclic) bond motifs is 1. The SMILES string of the molecule is COc1ccc(CCC(=O)Nc2nc3cc(OC)c(OC)cc3s2)cc1OC. The quantitative estimate of drug-likeness (QED) is 0.616. The summed E-state index contributed by atoms with van der Waals surface area (Å²) in [5.74, 6) is 2.44. The van der Waals surface area contributed by atoms with Gasteiger partial charge < -0.3 is 24.3 Å². The molecule has 3 aromatic rings. The third-order valence-corrected chi connectivity index (χ3v) is 5.16. The zero-order chi connectivity index (χ0) is 20.1. The van der Waals surface area contributed by atoms with Crippen molar-refractivity contribution < 1.29 is 23.7 Å². The Hall–Kier alpha value is -3.00. The summed E-state index contributed by atoms with van der Waals surface area (Å²) in [5, 5.41) is 3.40. The summed E-state index contributed by atoms with van der Waals surface area (Å²) in [5.41, 5.74) is 1.74. The molecule has 0 aliphatic heterocycles. The van der Waals surface area contributed by atoms with Crippen LogP contribution in [0.5, 0.6) is 23.0 Å². The van der Waals surface area contributed by atoms with Gasteiger partial charge in [-0.1, -0.05) is 17.4 Å². The first-order valence-electron chi connectivity index (χ1n) is 8.61. The van der Waals surface area contributed by atoms with Crippen LogP contribution >= 0.6 is 11.3 Å². The summed E-state index contributed by atoms with van der Waals surface area (Å²) in [6.07, 6.45) is 0.913. The van der Waals surface area contributed by atoms with Crippen LogP contribution in [0.2, 0.25) is 0 Å². The molecule has 1 N–H and O–H groups in total. The van der Waals surface area contributed by atoms with Crippen LogP contribution in [0.25, 0.3) is 10.2 Å². The van der Waals surface area contributed by atoms with E-state index in [1.54, 1.807) is 34.5 Å². The number of benzene rings is 2. The summed E-state index contributed by atoms with van der Waals surface area (Å²) in [7, 11) is 6.34. The predicted molar refractivity (Wildman–Crippen MR) is 109 cm³/mol. The van der Waals surface area contributed by atoms with Crippen molar-refractivity contribution >= 4 is 32.6 Å². The number of hydrogen-bond acceptors (Lipinski definition) is 7. The number of rotatable bonds is 8. The lowest BCUT2D eigenvalue weighted by Crippen LogP contribution is -2.12. The van der Waals surface area contributed by atoms with E-state index in [0.717, 1.165) is 15.8 Å². The number of hydrogen-bond donors (Lipinski definition) is 1. The van der Waals surface area contributed by atoms with Crippen molar-refractivity contribution in [2.45, 2.75) is 12.8 Å². The Morgan fingerprint density at radius 3 is 2.25 bits per heavy atom. The van der Waals surface area contributed by atoms with Crippen molar-refractivity contribution in [1.29, 1.82) is 0 Å². The molecule has 0 bridgehead atoms. The highest BCUT2D eigenvalue weighted by atomic mass is 32.1. The summed E-state index contributed by atoms with van der Waals surface area (Å²) < 4.78 is 22.0. The minimum atomic E-state index is -0.104. The van der Waals surface area contributed by atoms with Crippen LogP contribution in [0.15, 0.2) is 30.3 Å². The van der Waals surface area contributed by atoms with Gasteiger partial charge in [0.15, 0.2) is 28.1 Å². The number of nitrogens with zero attached hydrogens (tertiary/aromatic N) is 1. The number of aryl methyl sites for hydroxylation is 1. The van der Waals surface area contributed by atoms with Crippen molar-refractivity contribution in [1.82, 2.24) is 4.98 Å². The fourth-order valence-electron chi connectivity index (χ4n) is 2.78. The largest absolute Gasteiger partial charge is 0.493 e. The lowest BCUT2D eigenvalue weighted by Gasteiger charge is -2.09. The minimum absolute atomic E-state index is 0.104. The molecule has 0 radical (unpaired) electrons. The van der Waals surface area contributed by atoms with Crippen LogP contribution in [-0.2, 0) is 11.2 Å². The van der Waals surface area contributed by atoms with Crippen LogP contribution in [0, 0.1) is 0 Å². The summed E-state index contributed by atoms with van der Waals surface area (Å²) >= 11 is 1.39. The molecular weight excluding hydrogens is 380 g/mol. The molecule has 28 heavy (non-hydrogen) atoms. The molecule has 8 heteroatoms. The molecule has 148 valence electrons. The molecule has 0 unspecified atom stereocenters. The van der Waals surface area contributed by atoms with Crippen molar-refractivity contribution in [3.8, 4) is 23.0 Å². The van der Waals surface area contributed by atoms with E-state index in [4.69, 9.17) is 18.9 Å². The highest BCUT2D eigenvalue weighted by Gasteiger charge is 2.13. The Morgan fingerprint density at radius 2 is 1.57 bits per heavy atom. The standard InChI is InChI=1S/C20H22N2O5S/c1-24-14-7-5-12(9-15(14)25-2)6-8-19(23)22-20-21-13-10-16(26-3)17(27-4)11-18(13)28-20/h5,7,9-11H,6,8H2,1-4H3,(H,21,22,23). The third kappa shape index (κ3) is 4.28. The maximum atomic E-state index is 12.3. The van der Waals surface area contributed by atoms with E-state index < -0.39 is 0 Å². The first-order valence-corrected chi connectivity index (χ1v) is 9.43. The summed E-state index contributed by atoms with van der Waals surface area (Å²) in [4.78, 5) is 16.8. The lowest BCUT2D eigenvalue weighted by atomic mass is 10.1. The van der Waals surface area contributed by atoms with Gasteiger partial charge in [-0.05, 0) is 24.1 Å². The zero-order valence-electron chi connectivity index (χ0n) is 16.2.